The van der Waals surface area contributed by atoms with Gasteiger partial charge in [0.1, 0.15) is 11.1 Å². The quantitative estimate of drug-likeness (QED) is 0.909. The number of carbonyl (C=O) groups is 1. The van der Waals surface area contributed by atoms with E-state index in [0.717, 1.165) is 4.47 Å². The van der Waals surface area contributed by atoms with E-state index in [1.54, 1.807) is 11.1 Å². The van der Waals surface area contributed by atoms with Crippen LogP contribution in [0.25, 0.3) is 0 Å². The number of hydrogen-bond acceptors (Lipinski definition) is 4. The molecule has 1 aromatic heterocycles. The molecule has 1 amide bonds. The largest absolute Gasteiger partial charge is 0.444 e. The number of aromatic nitrogens is 2. The van der Waals surface area contributed by atoms with Gasteiger partial charge in [-0.2, -0.15) is 5.10 Å². The van der Waals surface area contributed by atoms with E-state index in [0.29, 0.717) is 19.5 Å². The summed E-state index contributed by atoms with van der Waals surface area (Å²) in [5.41, 5.74) is -0.835. The number of nitrogens with zero attached hydrogens (tertiary/aromatic N) is 3. The van der Waals surface area contributed by atoms with Crippen molar-refractivity contribution in [1.82, 2.24) is 14.7 Å². The van der Waals surface area contributed by atoms with E-state index in [1.807, 2.05) is 31.6 Å². The fourth-order valence-corrected chi connectivity index (χ4v) is 2.59. The van der Waals surface area contributed by atoms with Gasteiger partial charge in [0.2, 0.25) is 0 Å². The highest BCUT2D eigenvalue weighted by Gasteiger charge is 2.48. The predicted octanol–water partition coefficient (Wildman–Crippen LogP) is 1.97. The highest BCUT2D eigenvalue weighted by molar-refractivity contribution is 9.10. The molecule has 1 fully saturated rings. The molecule has 0 unspecified atom stereocenters. The number of amides is 1. The minimum absolute atomic E-state index is 0.0552. The molecule has 1 aliphatic heterocycles. The Morgan fingerprint density at radius 3 is 2.65 bits per heavy atom. The molecule has 0 aliphatic carbocycles. The Balaban J connectivity index is 2.04. The Hall–Kier alpha value is -1.08. The van der Waals surface area contributed by atoms with Crippen LogP contribution in [-0.4, -0.2) is 51.2 Å². The van der Waals surface area contributed by atoms with Gasteiger partial charge in [-0.15, -0.1) is 0 Å². The van der Waals surface area contributed by atoms with E-state index in [2.05, 4.69) is 21.0 Å². The number of aliphatic hydroxyl groups is 1. The summed E-state index contributed by atoms with van der Waals surface area (Å²) in [4.78, 5) is 13.6. The van der Waals surface area contributed by atoms with Crippen LogP contribution in [0, 0.1) is 0 Å². The summed E-state index contributed by atoms with van der Waals surface area (Å²) >= 11 is 3.36. The average Bonchev–Trinajstić information content (AvgIpc) is 2.67. The molecule has 7 heteroatoms. The Bertz CT molecular complexity index is 489. The molecular formula is C13H20BrN3O3. The maximum absolute atomic E-state index is 12.0. The third-order valence-electron chi connectivity index (χ3n) is 3.24. The first-order valence-corrected chi connectivity index (χ1v) is 7.34. The summed E-state index contributed by atoms with van der Waals surface area (Å²) in [6.45, 7) is 6.58. The minimum atomic E-state index is -0.499. The van der Waals surface area contributed by atoms with Crippen molar-refractivity contribution in [3.05, 3.63) is 16.9 Å². The number of rotatable bonds is 3. The summed E-state index contributed by atoms with van der Waals surface area (Å²) in [6.07, 6.45) is 3.80. The van der Waals surface area contributed by atoms with E-state index < -0.39 is 5.60 Å². The van der Waals surface area contributed by atoms with Crippen LogP contribution in [0.15, 0.2) is 16.9 Å². The third kappa shape index (κ3) is 3.15. The summed E-state index contributed by atoms with van der Waals surface area (Å²) < 4.78 is 8.03. The first kappa shape index (κ1) is 15.3. The normalized spacial score (nSPS) is 17.8. The van der Waals surface area contributed by atoms with E-state index in [1.165, 1.54) is 0 Å². The van der Waals surface area contributed by atoms with Gasteiger partial charge in [0.25, 0.3) is 0 Å². The van der Waals surface area contributed by atoms with Crippen LogP contribution in [0.4, 0.5) is 4.79 Å². The highest BCUT2D eigenvalue weighted by Crippen LogP contribution is 2.33. The molecule has 20 heavy (non-hydrogen) atoms. The van der Waals surface area contributed by atoms with Gasteiger partial charge in [-0.05, 0) is 43.1 Å². The maximum Gasteiger partial charge on any atom is 0.410 e. The van der Waals surface area contributed by atoms with Crippen molar-refractivity contribution in [3.63, 3.8) is 0 Å². The van der Waals surface area contributed by atoms with E-state index >= 15 is 0 Å². The molecule has 112 valence electrons. The fraction of sp³-hybridized carbons (Fsp3) is 0.692. The van der Waals surface area contributed by atoms with Crippen molar-refractivity contribution < 1.29 is 14.6 Å². The van der Waals surface area contributed by atoms with Crippen LogP contribution in [-0.2, 0) is 10.3 Å². The number of aliphatic hydroxyl groups excluding tert-OH is 1. The zero-order valence-corrected chi connectivity index (χ0v) is 13.6. The van der Waals surface area contributed by atoms with E-state index in [9.17, 15) is 9.90 Å². The summed E-state index contributed by atoms with van der Waals surface area (Å²) in [5.74, 6) is 0. The van der Waals surface area contributed by atoms with Crippen LogP contribution < -0.4 is 0 Å². The molecule has 1 aliphatic rings. The summed E-state index contributed by atoms with van der Waals surface area (Å²) in [7, 11) is 0. The molecule has 1 N–H and O–H groups in total. The number of likely N-dealkylation sites (tertiary alicyclic amines) is 1. The molecule has 0 aromatic carbocycles. The van der Waals surface area contributed by atoms with Crippen LogP contribution >= 0.6 is 15.9 Å². The Morgan fingerprint density at radius 2 is 2.20 bits per heavy atom. The second-order valence-corrected chi connectivity index (χ2v) is 7.05. The summed E-state index contributed by atoms with van der Waals surface area (Å²) in [6, 6.07) is 0. The van der Waals surface area contributed by atoms with E-state index in [4.69, 9.17) is 4.74 Å². The minimum Gasteiger partial charge on any atom is -0.444 e. The van der Waals surface area contributed by atoms with Gasteiger partial charge in [-0.3, -0.25) is 4.68 Å². The van der Waals surface area contributed by atoms with Crippen molar-refractivity contribution in [2.45, 2.75) is 38.3 Å². The molecule has 0 atom stereocenters. The Morgan fingerprint density at radius 1 is 1.55 bits per heavy atom. The van der Waals surface area contributed by atoms with E-state index in [-0.39, 0.29) is 18.2 Å². The highest BCUT2D eigenvalue weighted by atomic mass is 79.9. The second-order valence-electron chi connectivity index (χ2n) is 6.14. The molecule has 1 aromatic rings. The molecular weight excluding hydrogens is 326 g/mol. The molecule has 2 rings (SSSR count). The lowest BCUT2D eigenvalue weighted by Gasteiger charge is -2.49. The SMILES string of the molecule is CC(C)(C)OC(=O)N1CC(CCO)(n2cc(Br)cn2)C1. The van der Waals surface area contributed by atoms with Crippen molar-refractivity contribution in [3.8, 4) is 0 Å². The molecule has 0 radical (unpaired) electrons. The molecule has 0 saturated carbocycles. The van der Waals surface area contributed by atoms with Crippen LogP contribution in [0.5, 0.6) is 0 Å². The van der Waals surface area contributed by atoms with Crippen LogP contribution in [0.2, 0.25) is 0 Å². The maximum atomic E-state index is 12.0. The predicted molar refractivity (Wildman–Crippen MR) is 77.4 cm³/mol. The molecule has 2 heterocycles. The lowest BCUT2D eigenvalue weighted by atomic mass is 9.87. The fourth-order valence-electron chi connectivity index (χ4n) is 2.31. The van der Waals surface area contributed by atoms with Crippen molar-refractivity contribution in [1.29, 1.82) is 0 Å². The topological polar surface area (TPSA) is 67.6 Å². The number of hydrogen-bond donors (Lipinski definition) is 1. The van der Waals surface area contributed by atoms with Crippen LogP contribution in [0.3, 0.4) is 0 Å². The Labute approximate surface area is 126 Å². The van der Waals surface area contributed by atoms with Gasteiger partial charge in [0.05, 0.1) is 23.8 Å². The Kier molecular flexibility index (Phi) is 4.11. The lowest BCUT2D eigenvalue weighted by Crippen LogP contribution is -2.65. The lowest BCUT2D eigenvalue weighted by molar-refractivity contribution is -0.0409. The van der Waals surface area contributed by atoms with Gasteiger partial charge >= 0.3 is 6.09 Å². The number of halogens is 1. The van der Waals surface area contributed by atoms with Crippen molar-refractivity contribution in [2.75, 3.05) is 19.7 Å². The first-order chi connectivity index (χ1) is 9.26. The van der Waals surface area contributed by atoms with Crippen LogP contribution in [0.1, 0.15) is 27.2 Å². The smallest absolute Gasteiger partial charge is 0.410 e. The number of carbonyl (C=O) groups excluding carboxylic acids is 1. The van der Waals surface area contributed by atoms with Gasteiger partial charge < -0.3 is 14.7 Å². The van der Waals surface area contributed by atoms with Crippen molar-refractivity contribution in [2.24, 2.45) is 0 Å². The molecule has 6 nitrogen and oxygen atoms in total. The average molecular weight is 346 g/mol. The van der Waals surface area contributed by atoms with Gasteiger partial charge in [-0.25, -0.2) is 4.79 Å². The molecule has 0 spiro atoms. The van der Waals surface area contributed by atoms with Gasteiger partial charge in [0, 0.05) is 12.8 Å². The molecule has 1 saturated heterocycles. The molecule has 0 bridgehead atoms. The van der Waals surface area contributed by atoms with Gasteiger partial charge in [0.15, 0.2) is 0 Å². The van der Waals surface area contributed by atoms with Crippen molar-refractivity contribution >= 4 is 22.0 Å². The zero-order valence-electron chi connectivity index (χ0n) is 12.0. The number of ether oxygens (including phenoxy) is 1. The first-order valence-electron chi connectivity index (χ1n) is 6.55. The summed E-state index contributed by atoms with van der Waals surface area (Å²) in [5, 5.41) is 13.5. The van der Waals surface area contributed by atoms with Gasteiger partial charge in [-0.1, -0.05) is 0 Å². The monoisotopic (exact) mass is 345 g/mol. The second kappa shape index (κ2) is 5.37. The zero-order chi connectivity index (χ0) is 15.0. The standard InChI is InChI=1S/C13H20BrN3O3/c1-12(2,3)20-11(19)16-8-13(9-16,4-5-18)17-7-10(14)6-15-17/h6-7,18H,4-5,8-9H2,1-3H3. The third-order valence-corrected chi connectivity index (χ3v) is 3.65.